The molecule has 1 aromatic heterocycles. The molecule has 0 saturated heterocycles. The summed E-state index contributed by atoms with van der Waals surface area (Å²) in [5.74, 6) is -1.51. The quantitative estimate of drug-likeness (QED) is 0.881. The Hall–Kier alpha value is -2.37. The molecule has 0 aliphatic heterocycles. The molecule has 0 aliphatic rings. The predicted octanol–water partition coefficient (Wildman–Crippen LogP) is 1.72. The molecular formula is C11H9FN2O3. The van der Waals surface area contributed by atoms with Crippen molar-refractivity contribution in [2.75, 3.05) is 7.11 Å². The second kappa shape index (κ2) is 4.25. The number of benzene rings is 1. The molecule has 0 spiro atoms. The van der Waals surface area contributed by atoms with Crippen molar-refractivity contribution in [1.82, 2.24) is 9.55 Å². The second-order valence-corrected chi connectivity index (χ2v) is 3.29. The Balaban J connectivity index is 2.39. The van der Waals surface area contributed by atoms with Crippen LogP contribution in [0.4, 0.5) is 4.39 Å². The van der Waals surface area contributed by atoms with Crippen molar-refractivity contribution in [3.8, 4) is 11.4 Å². The van der Waals surface area contributed by atoms with Crippen LogP contribution < -0.4 is 4.74 Å². The number of ether oxygens (including phenoxy) is 1. The number of carbonyl (C=O) groups is 1. The molecule has 1 heterocycles. The fraction of sp³-hybridized carbons (Fsp3) is 0.0909. The molecule has 0 unspecified atom stereocenters. The monoisotopic (exact) mass is 236 g/mol. The van der Waals surface area contributed by atoms with E-state index in [-0.39, 0.29) is 11.4 Å². The normalized spacial score (nSPS) is 10.2. The first kappa shape index (κ1) is 11.1. The number of aromatic carboxylic acids is 1. The first-order valence-corrected chi connectivity index (χ1v) is 4.73. The molecule has 5 nitrogen and oxygen atoms in total. The molecule has 0 radical (unpaired) electrons. The first-order chi connectivity index (χ1) is 8.11. The second-order valence-electron chi connectivity index (χ2n) is 3.29. The zero-order valence-corrected chi connectivity index (χ0v) is 8.92. The van der Waals surface area contributed by atoms with Crippen molar-refractivity contribution in [1.29, 1.82) is 0 Å². The Morgan fingerprint density at radius 2 is 2.29 bits per heavy atom. The van der Waals surface area contributed by atoms with Crippen LogP contribution in [-0.4, -0.2) is 27.7 Å². The molecule has 17 heavy (non-hydrogen) atoms. The SMILES string of the molecule is COc1ccc(-n2cnc(C(=O)O)c2)cc1F. The van der Waals surface area contributed by atoms with Gasteiger partial charge >= 0.3 is 5.97 Å². The Morgan fingerprint density at radius 1 is 1.53 bits per heavy atom. The minimum atomic E-state index is -1.13. The van der Waals surface area contributed by atoms with Crippen molar-refractivity contribution in [2.45, 2.75) is 0 Å². The van der Waals surface area contributed by atoms with Gasteiger partial charge in [-0.1, -0.05) is 0 Å². The Labute approximate surface area is 96.1 Å². The van der Waals surface area contributed by atoms with Gasteiger partial charge in [-0.25, -0.2) is 14.2 Å². The maximum Gasteiger partial charge on any atom is 0.356 e. The van der Waals surface area contributed by atoms with Crippen LogP contribution in [-0.2, 0) is 0 Å². The number of nitrogens with zero attached hydrogens (tertiary/aromatic N) is 2. The number of hydrogen-bond donors (Lipinski definition) is 1. The van der Waals surface area contributed by atoms with E-state index in [0.29, 0.717) is 5.69 Å². The average Bonchev–Trinajstić information content (AvgIpc) is 2.78. The van der Waals surface area contributed by atoms with Crippen LogP contribution in [0, 0.1) is 5.82 Å². The third-order valence-electron chi connectivity index (χ3n) is 2.24. The highest BCUT2D eigenvalue weighted by Crippen LogP contribution is 2.20. The lowest BCUT2D eigenvalue weighted by atomic mass is 10.3. The lowest BCUT2D eigenvalue weighted by molar-refractivity contribution is 0.0691. The van der Waals surface area contributed by atoms with Crippen LogP contribution in [0.3, 0.4) is 0 Å². The number of carboxylic acids is 1. The number of methoxy groups -OCH3 is 1. The Bertz CT molecular complexity index is 566. The lowest BCUT2D eigenvalue weighted by Gasteiger charge is -2.05. The van der Waals surface area contributed by atoms with Crippen LogP contribution in [0.25, 0.3) is 5.69 Å². The minimum absolute atomic E-state index is 0.0961. The van der Waals surface area contributed by atoms with Gasteiger partial charge in [0.1, 0.15) is 6.33 Å². The molecular weight excluding hydrogens is 227 g/mol. The molecule has 88 valence electrons. The zero-order valence-electron chi connectivity index (χ0n) is 8.92. The predicted molar refractivity (Wildman–Crippen MR) is 57.0 cm³/mol. The van der Waals surface area contributed by atoms with Crippen molar-refractivity contribution < 1.29 is 19.0 Å². The van der Waals surface area contributed by atoms with E-state index in [1.807, 2.05) is 0 Å². The first-order valence-electron chi connectivity index (χ1n) is 4.73. The minimum Gasteiger partial charge on any atom is -0.494 e. The van der Waals surface area contributed by atoms with E-state index < -0.39 is 11.8 Å². The number of carboxylic acid groups (broad SMARTS) is 1. The summed E-state index contributed by atoms with van der Waals surface area (Å²) in [6.45, 7) is 0. The van der Waals surface area contributed by atoms with Gasteiger partial charge in [-0.3, -0.25) is 0 Å². The largest absolute Gasteiger partial charge is 0.494 e. The van der Waals surface area contributed by atoms with Gasteiger partial charge in [-0.2, -0.15) is 0 Å². The van der Waals surface area contributed by atoms with Gasteiger partial charge in [0, 0.05) is 18.0 Å². The Morgan fingerprint density at radius 3 is 2.82 bits per heavy atom. The summed E-state index contributed by atoms with van der Waals surface area (Å²) in [7, 11) is 1.37. The number of aromatic nitrogens is 2. The zero-order chi connectivity index (χ0) is 12.4. The smallest absolute Gasteiger partial charge is 0.356 e. The average molecular weight is 236 g/mol. The molecule has 1 aromatic carbocycles. The van der Waals surface area contributed by atoms with Crippen molar-refractivity contribution in [3.05, 3.63) is 42.2 Å². The highest BCUT2D eigenvalue weighted by atomic mass is 19.1. The molecule has 2 aromatic rings. The van der Waals surface area contributed by atoms with Gasteiger partial charge in [0.2, 0.25) is 0 Å². The van der Waals surface area contributed by atoms with E-state index in [9.17, 15) is 9.18 Å². The summed E-state index contributed by atoms with van der Waals surface area (Å²) < 4.78 is 19.6. The molecule has 0 saturated carbocycles. The third kappa shape index (κ3) is 2.10. The molecule has 1 N–H and O–H groups in total. The molecule has 2 rings (SSSR count). The topological polar surface area (TPSA) is 64.4 Å². The maximum atomic E-state index is 13.4. The molecule has 0 fully saturated rings. The van der Waals surface area contributed by atoms with Gasteiger partial charge < -0.3 is 14.4 Å². The summed E-state index contributed by atoms with van der Waals surface area (Å²) in [5, 5.41) is 8.71. The van der Waals surface area contributed by atoms with Crippen molar-refractivity contribution >= 4 is 5.97 Å². The van der Waals surface area contributed by atoms with Crippen LogP contribution >= 0.6 is 0 Å². The fourth-order valence-corrected chi connectivity index (χ4v) is 1.39. The fourth-order valence-electron chi connectivity index (χ4n) is 1.39. The van der Waals surface area contributed by atoms with Crippen molar-refractivity contribution in [2.24, 2.45) is 0 Å². The van der Waals surface area contributed by atoms with Crippen molar-refractivity contribution in [3.63, 3.8) is 0 Å². The summed E-state index contributed by atoms with van der Waals surface area (Å²) in [6, 6.07) is 4.31. The van der Waals surface area contributed by atoms with E-state index in [4.69, 9.17) is 9.84 Å². The van der Waals surface area contributed by atoms with Crippen LogP contribution in [0.15, 0.2) is 30.7 Å². The number of imidazole rings is 1. The van der Waals surface area contributed by atoms with Crippen LogP contribution in [0.5, 0.6) is 5.75 Å². The molecule has 0 amide bonds. The highest BCUT2D eigenvalue weighted by Gasteiger charge is 2.09. The lowest BCUT2D eigenvalue weighted by Crippen LogP contribution is -1.96. The molecule has 6 heteroatoms. The van der Waals surface area contributed by atoms with Crippen LogP contribution in [0.2, 0.25) is 0 Å². The van der Waals surface area contributed by atoms with E-state index >= 15 is 0 Å². The van der Waals surface area contributed by atoms with Crippen LogP contribution in [0.1, 0.15) is 10.5 Å². The summed E-state index contributed by atoms with van der Waals surface area (Å²) in [6.07, 6.45) is 2.62. The summed E-state index contributed by atoms with van der Waals surface area (Å²) in [4.78, 5) is 14.3. The Kier molecular flexibility index (Phi) is 2.78. The molecule has 0 aliphatic carbocycles. The molecule has 0 atom stereocenters. The summed E-state index contributed by atoms with van der Waals surface area (Å²) in [5.41, 5.74) is 0.379. The van der Waals surface area contributed by atoms with Gasteiger partial charge in [0.15, 0.2) is 17.3 Å². The van der Waals surface area contributed by atoms with E-state index in [0.717, 1.165) is 0 Å². The van der Waals surface area contributed by atoms with Gasteiger partial charge in [0.05, 0.1) is 7.11 Å². The van der Waals surface area contributed by atoms with E-state index in [1.165, 1.54) is 36.3 Å². The van der Waals surface area contributed by atoms with Gasteiger partial charge in [-0.15, -0.1) is 0 Å². The third-order valence-corrected chi connectivity index (χ3v) is 2.24. The number of halogens is 1. The van der Waals surface area contributed by atoms with Gasteiger partial charge in [-0.05, 0) is 12.1 Å². The standard InChI is InChI=1S/C11H9FN2O3/c1-17-10-3-2-7(4-8(10)12)14-5-9(11(15)16)13-6-14/h2-6H,1H3,(H,15,16). The maximum absolute atomic E-state index is 13.4. The van der Waals surface area contributed by atoms with E-state index in [1.54, 1.807) is 6.07 Å². The summed E-state index contributed by atoms with van der Waals surface area (Å²) >= 11 is 0. The van der Waals surface area contributed by atoms with Gasteiger partial charge in [0.25, 0.3) is 0 Å². The number of rotatable bonds is 3. The highest BCUT2D eigenvalue weighted by molar-refractivity contribution is 5.85. The van der Waals surface area contributed by atoms with E-state index in [2.05, 4.69) is 4.98 Å². The number of hydrogen-bond acceptors (Lipinski definition) is 3. The molecule has 0 bridgehead atoms.